The molecule has 1 fully saturated rings. The highest BCUT2D eigenvalue weighted by molar-refractivity contribution is 7.99. The maximum atomic E-state index is 13.2. The first-order valence-corrected chi connectivity index (χ1v) is 13.0. The lowest BCUT2D eigenvalue weighted by atomic mass is 10.2. The van der Waals surface area contributed by atoms with E-state index >= 15 is 0 Å². The van der Waals surface area contributed by atoms with Gasteiger partial charge in [0.2, 0.25) is 21.1 Å². The van der Waals surface area contributed by atoms with Gasteiger partial charge >= 0.3 is 0 Å². The number of rotatable bonds is 10. The number of piperidine rings is 1. The SMILES string of the molecule is CCCc1nc(SCC(=O)Nc2ccc(OCC)c(S(=O)(=O)N3CCCCC3)c2)n[nH]1. The van der Waals surface area contributed by atoms with Gasteiger partial charge in [0.15, 0.2) is 0 Å². The lowest BCUT2D eigenvalue weighted by Gasteiger charge is -2.27. The summed E-state index contributed by atoms with van der Waals surface area (Å²) in [6.45, 7) is 5.20. The van der Waals surface area contributed by atoms with E-state index in [4.69, 9.17) is 4.74 Å². The van der Waals surface area contributed by atoms with Crippen LogP contribution in [-0.2, 0) is 21.2 Å². The quantitative estimate of drug-likeness (QED) is 0.516. The van der Waals surface area contributed by atoms with E-state index in [-0.39, 0.29) is 16.6 Å². The number of aromatic nitrogens is 3. The molecule has 3 rings (SSSR count). The van der Waals surface area contributed by atoms with Crippen molar-refractivity contribution in [2.45, 2.75) is 56.0 Å². The summed E-state index contributed by atoms with van der Waals surface area (Å²) in [6, 6.07) is 4.72. The fraction of sp³-hybridized carbons (Fsp3) is 0.550. The van der Waals surface area contributed by atoms with Crippen LogP contribution in [0.2, 0.25) is 0 Å². The van der Waals surface area contributed by atoms with Gasteiger partial charge in [0, 0.05) is 25.2 Å². The summed E-state index contributed by atoms with van der Waals surface area (Å²) in [5.41, 5.74) is 0.409. The summed E-state index contributed by atoms with van der Waals surface area (Å²) in [5.74, 6) is 0.941. The van der Waals surface area contributed by atoms with E-state index < -0.39 is 10.0 Å². The Morgan fingerprint density at radius 2 is 2.03 bits per heavy atom. The number of nitrogens with one attached hydrogen (secondary N) is 2. The standard InChI is InChI=1S/C20H29N5O4S2/c1-3-8-18-22-20(24-23-18)30-14-19(26)21-15-9-10-16(29-4-2)17(13-15)31(27,28)25-11-6-5-7-12-25/h9-10,13H,3-8,11-12,14H2,1-2H3,(H,21,26)(H,22,23,24). The Kier molecular flexibility index (Phi) is 8.33. The van der Waals surface area contributed by atoms with E-state index in [0.29, 0.717) is 36.3 Å². The zero-order chi connectivity index (χ0) is 22.3. The molecule has 1 aromatic heterocycles. The zero-order valence-electron chi connectivity index (χ0n) is 17.9. The first-order chi connectivity index (χ1) is 14.9. The summed E-state index contributed by atoms with van der Waals surface area (Å²) in [5, 5.41) is 10.2. The van der Waals surface area contributed by atoms with Gasteiger partial charge in [-0.25, -0.2) is 13.4 Å². The molecular weight excluding hydrogens is 438 g/mol. The lowest BCUT2D eigenvalue weighted by Crippen LogP contribution is -2.35. The van der Waals surface area contributed by atoms with Crippen molar-refractivity contribution in [2.24, 2.45) is 0 Å². The van der Waals surface area contributed by atoms with Crippen LogP contribution in [-0.4, -0.2) is 59.3 Å². The molecule has 0 bridgehead atoms. The Bertz CT molecular complexity index is 987. The molecule has 1 aromatic carbocycles. The summed E-state index contributed by atoms with van der Waals surface area (Å²) >= 11 is 1.22. The Morgan fingerprint density at radius 1 is 1.26 bits per heavy atom. The number of ether oxygens (including phenoxy) is 1. The van der Waals surface area contributed by atoms with Crippen molar-refractivity contribution in [2.75, 3.05) is 30.8 Å². The van der Waals surface area contributed by atoms with Crippen LogP contribution in [0.4, 0.5) is 5.69 Å². The predicted octanol–water partition coefficient (Wildman–Crippen LogP) is 3.06. The second kappa shape index (κ2) is 11.0. The number of sulfonamides is 1. The summed E-state index contributed by atoms with van der Waals surface area (Å²) in [6.07, 6.45) is 4.49. The third kappa shape index (κ3) is 6.20. The third-order valence-corrected chi connectivity index (χ3v) is 7.56. The van der Waals surface area contributed by atoms with E-state index in [1.165, 1.54) is 22.1 Å². The van der Waals surface area contributed by atoms with Crippen LogP contribution < -0.4 is 10.1 Å². The second-order valence-electron chi connectivity index (χ2n) is 7.21. The van der Waals surface area contributed by atoms with Gasteiger partial charge in [0.05, 0.1) is 12.4 Å². The van der Waals surface area contributed by atoms with E-state index in [1.807, 2.05) is 0 Å². The van der Waals surface area contributed by atoms with Crippen molar-refractivity contribution in [1.82, 2.24) is 19.5 Å². The number of nitrogens with zero attached hydrogens (tertiary/aromatic N) is 3. The van der Waals surface area contributed by atoms with Crippen molar-refractivity contribution in [3.63, 3.8) is 0 Å². The molecular formula is C20H29N5O4S2. The molecule has 0 atom stereocenters. The van der Waals surface area contributed by atoms with E-state index in [9.17, 15) is 13.2 Å². The fourth-order valence-electron chi connectivity index (χ4n) is 3.32. The molecule has 1 amide bonds. The third-order valence-electron chi connectivity index (χ3n) is 4.79. The molecule has 31 heavy (non-hydrogen) atoms. The Labute approximate surface area is 187 Å². The molecule has 0 unspecified atom stereocenters. The highest BCUT2D eigenvalue weighted by Crippen LogP contribution is 2.31. The molecule has 0 radical (unpaired) electrons. The minimum atomic E-state index is -3.70. The Balaban J connectivity index is 1.70. The van der Waals surface area contributed by atoms with Crippen LogP contribution >= 0.6 is 11.8 Å². The molecule has 2 heterocycles. The van der Waals surface area contributed by atoms with Crippen LogP contribution in [0.1, 0.15) is 45.4 Å². The van der Waals surface area contributed by atoms with Gasteiger partial charge in [-0.2, -0.15) is 4.31 Å². The van der Waals surface area contributed by atoms with E-state index in [2.05, 4.69) is 27.4 Å². The molecule has 0 aliphatic carbocycles. The summed E-state index contributed by atoms with van der Waals surface area (Å²) in [4.78, 5) is 16.8. The number of aromatic amines is 1. The molecule has 1 saturated heterocycles. The average molecular weight is 468 g/mol. The lowest BCUT2D eigenvalue weighted by molar-refractivity contribution is -0.113. The molecule has 2 N–H and O–H groups in total. The summed E-state index contributed by atoms with van der Waals surface area (Å²) in [7, 11) is -3.70. The van der Waals surface area contributed by atoms with Crippen LogP contribution in [0.15, 0.2) is 28.3 Å². The van der Waals surface area contributed by atoms with Gasteiger partial charge in [-0.15, -0.1) is 5.10 Å². The largest absolute Gasteiger partial charge is 0.492 e. The predicted molar refractivity (Wildman–Crippen MR) is 120 cm³/mol. The van der Waals surface area contributed by atoms with Gasteiger partial charge < -0.3 is 10.1 Å². The van der Waals surface area contributed by atoms with Gasteiger partial charge in [-0.3, -0.25) is 9.89 Å². The van der Waals surface area contributed by atoms with Gasteiger partial charge in [-0.05, 0) is 44.4 Å². The van der Waals surface area contributed by atoms with Crippen LogP contribution in [0.5, 0.6) is 5.75 Å². The van der Waals surface area contributed by atoms with Crippen molar-refractivity contribution in [1.29, 1.82) is 0 Å². The molecule has 0 saturated carbocycles. The minimum Gasteiger partial charge on any atom is -0.492 e. The maximum absolute atomic E-state index is 13.2. The highest BCUT2D eigenvalue weighted by Gasteiger charge is 2.29. The van der Waals surface area contributed by atoms with Gasteiger partial charge in [0.1, 0.15) is 16.5 Å². The normalized spacial score (nSPS) is 15.0. The first-order valence-electron chi connectivity index (χ1n) is 10.5. The molecule has 170 valence electrons. The smallest absolute Gasteiger partial charge is 0.246 e. The van der Waals surface area contributed by atoms with Crippen molar-refractivity contribution >= 4 is 33.4 Å². The zero-order valence-corrected chi connectivity index (χ0v) is 19.5. The molecule has 0 spiro atoms. The minimum absolute atomic E-state index is 0.0832. The number of carbonyl (C=O) groups is 1. The molecule has 2 aromatic rings. The number of benzene rings is 1. The number of anilines is 1. The molecule has 11 heteroatoms. The number of carbonyl (C=O) groups excluding carboxylic acids is 1. The van der Waals surface area contributed by atoms with Crippen LogP contribution in [0, 0.1) is 0 Å². The van der Waals surface area contributed by atoms with E-state index in [1.54, 1.807) is 19.1 Å². The number of hydrogen-bond donors (Lipinski definition) is 2. The fourth-order valence-corrected chi connectivity index (χ4v) is 5.62. The van der Waals surface area contributed by atoms with Crippen molar-refractivity contribution in [3.8, 4) is 5.75 Å². The Morgan fingerprint density at radius 3 is 2.74 bits per heavy atom. The number of aryl methyl sites for hydroxylation is 1. The maximum Gasteiger partial charge on any atom is 0.246 e. The van der Waals surface area contributed by atoms with Crippen molar-refractivity contribution in [3.05, 3.63) is 24.0 Å². The van der Waals surface area contributed by atoms with Gasteiger partial charge in [0.25, 0.3) is 0 Å². The molecule has 1 aliphatic rings. The second-order valence-corrected chi connectivity index (χ2v) is 10.1. The first kappa shape index (κ1) is 23.6. The van der Waals surface area contributed by atoms with Crippen LogP contribution in [0.25, 0.3) is 0 Å². The highest BCUT2D eigenvalue weighted by atomic mass is 32.2. The number of amides is 1. The average Bonchev–Trinajstić information content (AvgIpc) is 3.22. The Hall–Kier alpha value is -2.11. The van der Waals surface area contributed by atoms with E-state index in [0.717, 1.165) is 37.9 Å². The van der Waals surface area contributed by atoms with Gasteiger partial charge in [-0.1, -0.05) is 25.1 Å². The molecule has 1 aliphatic heterocycles. The number of H-pyrrole nitrogens is 1. The van der Waals surface area contributed by atoms with Crippen molar-refractivity contribution < 1.29 is 17.9 Å². The van der Waals surface area contributed by atoms with Crippen LogP contribution in [0.3, 0.4) is 0 Å². The number of hydrogen-bond acceptors (Lipinski definition) is 7. The molecule has 9 nitrogen and oxygen atoms in total. The number of thioether (sulfide) groups is 1. The summed E-state index contributed by atoms with van der Waals surface area (Å²) < 4.78 is 33.4. The monoisotopic (exact) mass is 467 g/mol. The topological polar surface area (TPSA) is 117 Å².